The summed E-state index contributed by atoms with van der Waals surface area (Å²) >= 11 is 5.78. The molecule has 0 fully saturated rings. The Kier molecular flexibility index (Phi) is 4.67. The van der Waals surface area contributed by atoms with Gasteiger partial charge in [0.2, 0.25) is 5.88 Å². The molecule has 0 saturated heterocycles. The molecule has 0 unspecified atom stereocenters. The summed E-state index contributed by atoms with van der Waals surface area (Å²) < 4.78 is 44.7. The number of fused-ring (bicyclic) bond motifs is 1. The van der Waals surface area contributed by atoms with Crippen molar-refractivity contribution in [1.82, 2.24) is 19.6 Å². The highest BCUT2D eigenvalue weighted by atomic mass is 35.5. The number of hydrogen-bond donors (Lipinski definition) is 1. The van der Waals surface area contributed by atoms with Crippen LogP contribution in [-0.2, 0) is 6.18 Å². The molecule has 1 N–H and O–H groups in total. The number of alkyl halides is 3. The molecule has 0 radical (unpaired) electrons. The average Bonchev–Trinajstić information content (AvgIpc) is 2.92. The first-order valence-electron chi connectivity index (χ1n) is 7.25. The van der Waals surface area contributed by atoms with Crippen LogP contribution in [0.2, 0.25) is 5.02 Å². The minimum Gasteiger partial charge on any atom is -0.475 e. The monoisotopic (exact) mass is 371 g/mol. The molecule has 10 heteroatoms. The fourth-order valence-electron chi connectivity index (χ4n) is 2.18. The van der Waals surface area contributed by atoms with E-state index in [0.717, 1.165) is 17.3 Å². The van der Waals surface area contributed by atoms with Crippen LogP contribution in [0.5, 0.6) is 5.88 Å². The number of nitrogens with zero attached hydrogens (tertiary/aromatic N) is 4. The van der Waals surface area contributed by atoms with E-state index in [9.17, 15) is 13.2 Å². The maximum atomic E-state index is 12.6. The molecule has 6 nitrogen and oxygen atoms in total. The summed E-state index contributed by atoms with van der Waals surface area (Å²) in [6.07, 6.45) is -0.469. The Bertz CT molecular complexity index is 896. The number of rotatable bonds is 5. The van der Waals surface area contributed by atoms with Gasteiger partial charge in [-0.3, -0.25) is 0 Å². The molecule has 0 saturated carbocycles. The highest BCUT2D eigenvalue weighted by Gasteiger charge is 2.31. The molecule has 0 amide bonds. The van der Waals surface area contributed by atoms with Gasteiger partial charge in [-0.05, 0) is 19.1 Å². The van der Waals surface area contributed by atoms with Crippen molar-refractivity contribution < 1.29 is 17.9 Å². The zero-order chi connectivity index (χ0) is 18.0. The van der Waals surface area contributed by atoms with E-state index >= 15 is 0 Å². The highest BCUT2D eigenvalue weighted by Crippen LogP contribution is 2.33. The van der Waals surface area contributed by atoms with Crippen molar-refractivity contribution in [1.29, 1.82) is 0 Å². The predicted octanol–water partition coefficient (Wildman–Crippen LogP) is 3.60. The van der Waals surface area contributed by atoms with Gasteiger partial charge in [-0.15, -0.1) is 0 Å². The van der Waals surface area contributed by atoms with Crippen molar-refractivity contribution >= 4 is 22.9 Å². The van der Waals surface area contributed by atoms with Crippen molar-refractivity contribution in [3.8, 4) is 5.88 Å². The van der Waals surface area contributed by atoms with Crippen molar-refractivity contribution in [3.05, 3.63) is 47.0 Å². The van der Waals surface area contributed by atoms with Crippen molar-refractivity contribution in [2.75, 3.05) is 18.5 Å². The molecule has 0 aliphatic carbocycles. The molecule has 0 aliphatic rings. The summed E-state index contributed by atoms with van der Waals surface area (Å²) in [5.74, 6) is 0.570. The fourth-order valence-corrected chi connectivity index (χ4v) is 2.41. The van der Waals surface area contributed by atoms with Crippen molar-refractivity contribution in [2.45, 2.75) is 13.1 Å². The van der Waals surface area contributed by atoms with Crippen LogP contribution in [0.3, 0.4) is 0 Å². The van der Waals surface area contributed by atoms with E-state index in [1.165, 1.54) is 0 Å². The maximum Gasteiger partial charge on any atom is 0.417 e. The van der Waals surface area contributed by atoms with E-state index in [-0.39, 0.29) is 17.5 Å². The predicted molar refractivity (Wildman–Crippen MR) is 86.0 cm³/mol. The zero-order valence-electron chi connectivity index (χ0n) is 13.0. The molecule has 0 aliphatic heterocycles. The van der Waals surface area contributed by atoms with Crippen LogP contribution in [0.1, 0.15) is 11.3 Å². The summed E-state index contributed by atoms with van der Waals surface area (Å²) in [7, 11) is 0. The first-order valence-corrected chi connectivity index (χ1v) is 7.63. The molecule has 132 valence electrons. The quantitative estimate of drug-likeness (QED) is 0.694. The standard InChI is InChI=1S/C15H13ClF3N5O/c1-9-6-12-13(20-2-4-24(12)23-9)21-3-5-25-14-11(16)7-10(8-22-14)15(17,18)19/h2,4,6-8H,3,5H2,1H3,(H,20,21). The second kappa shape index (κ2) is 6.75. The fraction of sp³-hybridized carbons (Fsp3) is 0.267. The molecule has 25 heavy (non-hydrogen) atoms. The number of aromatic nitrogens is 4. The summed E-state index contributed by atoms with van der Waals surface area (Å²) in [5, 5.41) is 7.16. The second-order valence-corrected chi connectivity index (χ2v) is 5.58. The zero-order valence-corrected chi connectivity index (χ0v) is 13.8. The van der Waals surface area contributed by atoms with E-state index in [1.807, 2.05) is 13.0 Å². The Morgan fingerprint density at radius 3 is 2.80 bits per heavy atom. The topological polar surface area (TPSA) is 64.3 Å². The normalized spacial score (nSPS) is 11.7. The molecule has 0 atom stereocenters. The van der Waals surface area contributed by atoms with E-state index < -0.39 is 11.7 Å². The third-order valence-corrected chi connectivity index (χ3v) is 3.55. The van der Waals surface area contributed by atoms with Gasteiger partial charge in [-0.2, -0.15) is 18.3 Å². The van der Waals surface area contributed by atoms with Crippen molar-refractivity contribution in [3.63, 3.8) is 0 Å². The number of pyridine rings is 1. The number of hydrogen-bond acceptors (Lipinski definition) is 5. The van der Waals surface area contributed by atoms with E-state index in [2.05, 4.69) is 20.4 Å². The Morgan fingerprint density at radius 1 is 1.28 bits per heavy atom. The van der Waals surface area contributed by atoms with E-state index in [4.69, 9.17) is 16.3 Å². The molecular formula is C15H13ClF3N5O. The summed E-state index contributed by atoms with van der Waals surface area (Å²) in [6, 6.07) is 2.67. The van der Waals surface area contributed by atoms with Crippen LogP contribution in [-0.4, -0.2) is 32.7 Å². The third-order valence-electron chi connectivity index (χ3n) is 3.28. The molecule has 3 aromatic heterocycles. The summed E-state index contributed by atoms with van der Waals surface area (Å²) in [6.45, 7) is 2.38. The molecule has 0 spiro atoms. The minimum absolute atomic E-state index is 0.0529. The van der Waals surface area contributed by atoms with Gasteiger partial charge in [0, 0.05) is 18.6 Å². The van der Waals surface area contributed by atoms with Gasteiger partial charge in [0.05, 0.1) is 17.8 Å². The molecule has 3 heterocycles. The summed E-state index contributed by atoms with van der Waals surface area (Å²) in [5.41, 5.74) is 0.744. The average molecular weight is 372 g/mol. The van der Waals surface area contributed by atoms with Gasteiger partial charge in [0.1, 0.15) is 17.1 Å². The van der Waals surface area contributed by atoms with Gasteiger partial charge in [-0.25, -0.2) is 14.5 Å². The van der Waals surface area contributed by atoms with Crippen LogP contribution in [0.25, 0.3) is 5.52 Å². The molecular weight excluding hydrogens is 359 g/mol. The number of aryl methyl sites for hydroxylation is 1. The number of halogens is 4. The molecule has 0 aromatic carbocycles. The SMILES string of the molecule is Cc1cc2c(NCCOc3ncc(C(F)(F)F)cc3Cl)nccn2n1. The third kappa shape index (κ3) is 3.93. The largest absolute Gasteiger partial charge is 0.475 e. The van der Waals surface area contributed by atoms with Gasteiger partial charge in [-0.1, -0.05) is 11.6 Å². The lowest BCUT2D eigenvalue weighted by molar-refractivity contribution is -0.137. The van der Waals surface area contributed by atoms with Crippen LogP contribution < -0.4 is 10.1 Å². The lowest BCUT2D eigenvalue weighted by Gasteiger charge is -2.11. The first kappa shape index (κ1) is 17.3. The van der Waals surface area contributed by atoms with Gasteiger partial charge >= 0.3 is 6.18 Å². The number of ether oxygens (including phenoxy) is 1. The highest BCUT2D eigenvalue weighted by molar-refractivity contribution is 6.31. The lowest BCUT2D eigenvalue weighted by atomic mass is 10.3. The maximum absolute atomic E-state index is 12.6. The van der Waals surface area contributed by atoms with E-state index in [1.54, 1.807) is 16.9 Å². The minimum atomic E-state index is -4.50. The van der Waals surface area contributed by atoms with E-state index in [0.29, 0.717) is 18.6 Å². The van der Waals surface area contributed by atoms with Crippen LogP contribution in [0.15, 0.2) is 30.7 Å². The Hall–Kier alpha value is -2.55. The smallest absolute Gasteiger partial charge is 0.417 e. The Labute approximate surface area is 145 Å². The molecule has 3 aromatic rings. The Morgan fingerprint density at radius 2 is 2.08 bits per heavy atom. The number of anilines is 1. The molecule has 3 rings (SSSR count). The second-order valence-electron chi connectivity index (χ2n) is 5.18. The van der Waals surface area contributed by atoms with Crippen LogP contribution >= 0.6 is 11.6 Å². The molecule has 0 bridgehead atoms. The van der Waals surface area contributed by atoms with Gasteiger partial charge in [0.15, 0.2) is 5.82 Å². The van der Waals surface area contributed by atoms with Gasteiger partial charge in [0.25, 0.3) is 0 Å². The van der Waals surface area contributed by atoms with Crippen LogP contribution in [0.4, 0.5) is 19.0 Å². The first-order chi connectivity index (χ1) is 11.8. The van der Waals surface area contributed by atoms with Gasteiger partial charge < -0.3 is 10.1 Å². The van der Waals surface area contributed by atoms with Crippen molar-refractivity contribution in [2.24, 2.45) is 0 Å². The lowest BCUT2D eigenvalue weighted by Crippen LogP contribution is -2.14. The Balaban J connectivity index is 1.60. The number of nitrogens with one attached hydrogen (secondary N) is 1. The van der Waals surface area contributed by atoms with Crippen LogP contribution in [0, 0.1) is 6.92 Å². The summed E-state index contributed by atoms with van der Waals surface area (Å²) in [4.78, 5) is 7.84.